The molecule has 1 aromatic heterocycles. The van der Waals surface area contributed by atoms with Crippen LogP contribution in [0.15, 0.2) is 27.4 Å². The Hall–Kier alpha value is -1.77. The molecule has 0 unspecified atom stereocenters. The molecule has 0 saturated carbocycles. The third kappa shape index (κ3) is 1.24. The first-order chi connectivity index (χ1) is 7.77. The van der Waals surface area contributed by atoms with Gasteiger partial charge in [0.1, 0.15) is 0 Å². The molecular weight excluding hydrogens is 204 g/mol. The van der Waals surface area contributed by atoms with Crippen LogP contribution in [-0.2, 0) is 12.8 Å². The van der Waals surface area contributed by atoms with Gasteiger partial charge in [0.15, 0.2) is 11.3 Å². The quantitative estimate of drug-likeness (QED) is 0.688. The predicted octanol–water partition coefficient (Wildman–Crippen LogP) is 2.38. The second-order valence-corrected chi connectivity index (χ2v) is 4.21. The summed E-state index contributed by atoms with van der Waals surface area (Å²) < 4.78 is 5.19. The highest BCUT2D eigenvalue weighted by Gasteiger charge is 2.18. The summed E-state index contributed by atoms with van der Waals surface area (Å²) in [6.07, 6.45) is 3.84. The van der Waals surface area contributed by atoms with E-state index in [1.165, 1.54) is 0 Å². The van der Waals surface area contributed by atoms with Gasteiger partial charge < -0.3 is 9.52 Å². The van der Waals surface area contributed by atoms with E-state index in [2.05, 4.69) is 0 Å². The fraction of sp³-hybridized carbons (Fsp3) is 0.308. The minimum absolute atomic E-state index is 0.0444. The average Bonchev–Trinajstić information content (AvgIpc) is 2.31. The zero-order valence-corrected chi connectivity index (χ0v) is 8.82. The molecule has 3 heteroatoms. The Labute approximate surface area is 92.3 Å². The van der Waals surface area contributed by atoms with Gasteiger partial charge in [-0.1, -0.05) is 12.1 Å². The Morgan fingerprint density at radius 2 is 1.88 bits per heavy atom. The van der Waals surface area contributed by atoms with Gasteiger partial charge in [0.2, 0.25) is 0 Å². The lowest BCUT2D eigenvalue weighted by Crippen LogP contribution is -2.15. The molecule has 3 rings (SSSR count). The van der Waals surface area contributed by atoms with Gasteiger partial charge in [-0.2, -0.15) is 0 Å². The van der Waals surface area contributed by atoms with Crippen molar-refractivity contribution in [3.63, 3.8) is 0 Å². The molecule has 1 aromatic carbocycles. The van der Waals surface area contributed by atoms with Crippen LogP contribution in [0.4, 0.5) is 0 Å². The maximum absolute atomic E-state index is 11.8. The highest BCUT2D eigenvalue weighted by molar-refractivity contribution is 5.86. The summed E-state index contributed by atoms with van der Waals surface area (Å²) >= 11 is 0. The van der Waals surface area contributed by atoms with Crippen LogP contribution in [0.3, 0.4) is 0 Å². The highest BCUT2D eigenvalue weighted by atomic mass is 16.4. The summed E-state index contributed by atoms with van der Waals surface area (Å²) in [4.78, 5) is 11.8. The summed E-state index contributed by atoms with van der Waals surface area (Å²) in [5.41, 5.74) is 1.90. The molecule has 82 valence electrons. The number of hydrogen-bond donors (Lipinski definition) is 1. The average molecular weight is 216 g/mol. The van der Waals surface area contributed by atoms with Crippen molar-refractivity contribution in [1.29, 1.82) is 0 Å². The van der Waals surface area contributed by atoms with E-state index >= 15 is 0 Å². The Kier molecular flexibility index (Phi) is 1.99. The Morgan fingerprint density at radius 1 is 1.12 bits per heavy atom. The lowest BCUT2D eigenvalue weighted by atomic mass is 9.90. The van der Waals surface area contributed by atoms with Crippen molar-refractivity contribution in [2.75, 3.05) is 0 Å². The molecule has 0 fully saturated rings. The summed E-state index contributed by atoms with van der Waals surface area (Å²) in [7, 11) is 0. The minimum atomic E-state index is -0.288. The van der Waals surface area contributed by atoms with Gasteiger partial charge in [0.25, 0.3) is 0 Å². The number of rotatable bonds is 0. The Bertz CT molecular complexity index is 610. The van der Waals surface area contributed by atoms with E-state index < -0.39 is 0 Å². The molecule has 1 aliphatic rings. The van der Waals surface area contributed by atoms with Crippen molar-refractivity contribution >= 4 is 11.0 Å². The van der Waals surface area contributed by atoms with Crippen LogP contribution in [0.25, 0.3) is 11.0 Å². The van der Waals surface area contributed by atoms with Crippen LogP contribution in [-0.4, -0.2) is 5.11 Å². The van der Waals surface area contributed by atoms with Gasteiger partial charge in [0.05, 0.1) is 0 Å². The zero-order chi connectivity index (χ0) is 11.1. The number of aromatic hydroxyl groups is 1. The van der Waals surface area contributed by atoms with E-state index in [4.69, 9.17) is 4.42 Å². The number of aryl methyl sites for hydroxylation is 1. The third-order valence-electron chi connectivity index (χ3n) is 3.23. The normalized spacial score (nSPS) is 15.0. The number of para-hydroxylation sites is 1. The SMILES string of the molecule is O=c1oc2c(O)cccc2c2c1CCCC2. The topological polar surface area (TPSA) is 50.4 Å². The van der Waals surface area contributed by atoms with E-state index in [1.807, 2.05) is 6.07 Å². The van der Waals surface area contributed by atoms with Gasteiger partial charge in [-0.15, -0.1) is 0 Å². The molecule has 0 saturated heterocycles. The van der Waals surface area contributed by atoms with Crippen LogP contribution in [0.1, 0.15) is 24.0 Å². The summed E-state index contributed by atoms with van der Waals surface area (Å²) in [6, 6.07) is 5.23. The molecule has 1 N–H and O–H groups in total. The molecular formula is C13H12O3. The maximum Gasteiger partial charge on any atom is 0.339 e. The van der Waals surface area contributed by atoms with Crippen molar-refractivity contribution in [2.24, 2.45) is 0 Å². The molecule has 0 atom stereocenters. The van der Waals surface area contributed by atoms with Crippen molar-refractivity contribution in [3.8, 4) is 5.75 Å². The molecule has 2 aromatic rings. The lowest BCUT2D eigenvalue weighted by Gasteiger charge is -2.15. The largest absolute Gasteiger partial charge is 0.504 e. The van der Waals surface area contributed by atoms with Gasteiger partial charge in [-0.25, -0.2) is 4.79 Å². The second-order valence-electron chi connectivity index (χ2n) is 4.21. The summed E-state index contributed by atoms with van der Waals surface area (Å²) in [6.45, 7) is 0. The third-order valence-corrected chi connectivity index (χ3v) is 3.23. The van der Waals surface area contributed by atoms with Crippen LogP contribution in [0, 0.1) is 0 Å². The predicted molar refractivity (Wildman–Crippen MR) is 60.8 cm³/mol. The molecule has 0 radical (unpaired) electrons. The molecule has 0 aliphatic heterocycles. The smallest absolute Gasteiger partial charge is 0.339 e. The Morgan fingerprint density at radius 3 is 2.69 bits per heavy atom. The first-order valence-corrected chi connectivity index (χ1v) is 5.54. The number of phenolic OH excluding ortho intramolecular Hbond substituents is 1. The number of benzene rings is 1. The number of hydrogen-bond acceptors (Lipinski definition) is 3. The van der Waals surface area contributed by atoms with E-state index in [0.29, 0.717) is 5.58 Å². The molecule has 1 aliphatic carbocycles. The summed E-state index contributed by atoms with van der Waals surface area (Å²) in [5.74, 6) is 0.0444. The fourth-order valence-electron chi connectivity index (χ4n) is 2.45. The molecule has 0 spiro atoms. The number of fused-ring (bicyclic) bond motifs is 3. The zero-order valence-electron chi connectivity index (χ0n) is 8.82. The molecule has 3 nitrogen and oxygen atoms in total. The molecule has 1 heterocycles. The lowest BCUT2D eigenvalue weighted by molar-refractivity contribution is 0.453. The van der Waals surface area contributed by atoms with E-state index in [1.54, 1.807) is 12.1 Å². The van der Waals surface area contributed by atoms with Gasteiger partial charge in [-0.3, -0.25) is 0 Å². The van der Waals surface area contributed by atoms with Crippen molar-refractivity contribution in [2.45, 2.75) is 25.7 Å². The molecule has 0 amide bonds. The standard InChI is InChI=1S/C13H12O3/c14-11-7-3-6-9-8-4-1-2-5-10(8)13(15)16-12(9)11/h3,6-7,14H,1-2,4-5H2. The van der Waals surface area contributed by atoms with E-state index in [-0.39, 0.29) is 11.4 Å². The number of phenols is 1. The van der Waals surface area contributed by atoms with Crippen LogP contribution in [0.2, 0.25) is 0 Å². The van der Waals surface area contributed by atoms with Gasteiger partial charge in [0, 0.05) is 10.9 Å². The first-order valence-electron chi connectivity index (χ1n) is 5.54. The van der Waals surface area contributed by atoms with E-state index in [9.17, 15) is 9.90 Å². The maximum atomic E-state index is 11.8. The van der Waals surface area contributed by atoms with Crippen molar-refractivity contribution in [1.82, 2.24) is 0 Å². The van der Waals surface area contributed by atoms with Gasteiger partial charge >= 0.3 is 5.63 Å². The van der Waals surface area contributed by atoms with Crippen LogP contribution < -0.4 is 5.63 Å². The Balaban J connectivity index is 2.47. The fourth-order valence-corrected chi connectivity index (χ4v) is 2.45. The van der Waals surface area contributed by atoms with Crippen molar-refractivity contribution in [3.05, 3.63) is 39.7 Å². The highest BCUT2D eigenvalue weighted by Crippen LogP contribution is 2.30. The monoisotopic (exact) mass is 216 g/mol. The van der Waals surface area contributed by atoms with E-state index in [0.717, 1.165) is 42.2 Å². The summed E-state index contributed by atoms with van der Waals surface area (Å²) in [5, 5.41) is 10.5. The van der Waals surface area contributed by atoms with Crippen LogP contribution >= 0.6 is 0 Å². The van der Waals surface area contributed by atoms with Crippen LogP contribution in [0.5, 0.6) is 5.75 Å². The van der Waals surface area contributed by atoms with Gasteiger partial charge in [-0.05, 0) is 37.3 Å². The second kappa shape index (κ2) is 3.37. The minimum Gasteiger partial charge on any atom is -0.504 e. The molecule has 16 heavy (non-hydrogen) atoms. The molecule has 0 bridgehead atoms. The van der Waals surface area contributed by atoms with Crippen molar-refractivity contribution < 1.29 is 9.52 Å². The first kappa shape index (κ1) is 9.46.